The number of nitro benzene ring substituents is 1. The van der Waals surface area contributed by atoms with E-state index >= 15 is 0 Å². The molecule has 10 nitrogen and oxygen atoms in total. The number of amides is 1. The summed E-state index contributed by atoms with van der Waals surface area (Å²) >= 11 is 1.34. The van der Waals surface area contributed by atoms with Crippen LogP contribution in [0.2, 0.25) is 0 Å². The summed E-state index contributed by atoms with van der Waals surface area (Å²) in [6.07, 6.45) is 4.85. The Hall–Kier alpha value is -3.75. The van der Waals surface area contributed by atoms with Gasteiger partial charge in [-0.3, -0.25) is 14.9 Å². The van der Waals surface area contributed by atoms with Crippen molar-refractivity contribution < 1.29 is 19.2 Å². The van der Waals surface area contributed by atoms with Gasteiger partial charge in [0.1, 0.15) is 22.3 Å². The molecule has 1 N–H and O–H groups in total. The van der Waals surface area contributed by atoms with Crippen molar-refractivity contribution in [2.75, 3.05) is 50.1 Å². The number of carbonyl (C=O) groups is 2. The van der Waals surface area contributed by atoms with Crippen LogP contribution in [0.15, 0.2) is 23.8 Å². The van der Waals surface area contributed by atoms with Gasteiger partial charge in [-0.25, -0.2) is 4.79 Å². The lowest BCUT2D eigenvalue weighted by molar-refractivity contribution is -0.384. The van der Waals surface area contributed by atoms with Gasteiger partial charge in [-0.05, 0) is 62.9 Å². The van der Waals surface area contributed by atoms with Crippen molar-refractivity contribution in [1.29, 1.82) is 5.26 Å². The van der Waals surface area contributed by atoms with Crippen molar-refractivity contribution in [3.8, 4) is 6.07 Å². The average molecular weight is 524 g/mol. The van der Waals surface area contributed by atoms with Crippen LogP contribution < -0.4 is 10.2 Å². The third kappa shape index (κ3) is 5.81. The Morgan fingerprint density at radius 3 is 2.65 bits per heavy atom. The minimum absolute atomic E-state index is 0.0773. The smallest absolute Gasteiger partial charge is 0.341 e. The standard InChI is InChI=1S/C26H29N5O5S/c1-3-36-26(33)23-19-6-4-5-7-22(19)37-25(23)28-24(32)18(16-27)14-17-8-9-20(21(15-17)31(34)35)30-12-10-29(2)11-13-30/h8-9,14-15H,3-7,10-13H2,1-2H3,(H,28,32)/b18-14-. The number of piperazine rings is 1. The SMILES string of the molecule is CCOC(=O)c1c(NC(=O)/C(C#N)=C\c2ccc(N3CCN(C)CC3)c([N+](=O)[O-])c2)sc2c1CCCC2. The van der Waals surface area contributed by atoms with Gasteiger partial charge in [0.25, 0.3) is 11.6 Å². The molecular formula is C26H29N5O5S. The monoisotopic (exact) mass is 523 g/mol. The van der Waals surface area contributed by atoms with Crippen molar-refractivity contribution in [1.82, 2.24) is 4.90 Å². The van der Waals surface area contributed by atoms with Gasteiger partial charge < -0.3 is 19.9 Å². The molecule has 2 aliphatic rings. The Kier molecular flexibility index (Phi) is 8.21. The summed E-state index contributed by atoms with van der Waals surface area (Å²) in [5.74, 6) is -1.17. The summed E-state index contributed by atoms with van der Waals surface area (Å²) < 4.78 is 5.23. The molecule has 1 aromatic carbocycles. The number of nitro groups is 1. The van der Waals surface area contributed by atoms with Gasteiger partial charge in [-0.1, -0.05) is 6.07 Å². The van der Waals surface area contributed by atoms with E-state index in [2.05, 4.69) is 10.2 Å². The molecule has 37 heavy (non-hydrogen) atoms. The second-order valence-corrected chi connectivity index (χ2v) is 10.2. The zero-order valence-corrected chi connectivity index (χ0v) is 21.7. The van der Waals surface area contributed by atoms with Crippen LogP contribution in [-0.2, 0) is 22.4 Å². The van der Waals surface area contributed by atoms with Crippen LogP contribution in [0.25, 0.3) is 6.08 Å². The number of carbonyl (C=O) groups excluding carboxylic acids is 2. The number of esters is 1. The normalized spacial score (nSPS) is 16.0. The topological polar surface area (TPSA) is 129 Å². The molecule has 1 saturated heterocycles. The molecule has 0 unspecified atom stereocenters. The molecule has 0 atom stereocenters. The van der Waals surface area contributed by atoms with Crippen molar-refractivity contribution in [2.24, 2.45) is 0 Å². The first kappa shape index (κ1) is 26.3. The van der Waals surface area contributed by atoms with E-state index in [0.29, 0.717) is 34.9 Å². The Bertz CT molecular complexity index is 1290. The maximum absolute atomic E-state index is 13.1. The Labute approximate surface area is 219 Å². The second-order valence-electron chi connectivity index (χ2n) is 9.06. The molecule has 2 aromatic rings. The summed E-state index contributed by atoms with van der Waals surface area (Å²) in [6.45, 7) is 4.88. The van der Waals surface area contributed by atoms with E-state index in [-0.39, 0.29) is 17.9 Å². The van der Waals surface area contributed by atoms with Crippen LogP contribution in [0.5, 0.6) is 0 Å². The van der Waals surface area contributed by atoms with E-state index in [1.165, 1.54) is 23.5 Å². The van der Waals surface area contributed by atoms with Crippen LogP contribution in [0, 0.1) is 21.4 Å². The van der Waals surface area contributed by atoms with E-state index in [1.54, 1.807) is 19.1 Å². The Morgan fingerprint density at radius 2 is 1.97 bits per heavy atom. The molecule has 1 aliphatic carbocycles. The molecule has 0 radical (unpaired) electrons. The van der Waals surface area contributed by atoms with E-state index in [9.17, 15) is 25.0 Å². The van der Waals surface area contributed by atoms with Crippen molar-refractivity contribution in [2.45, 2.75) is 32.6 Å². The second kappa shape index (κ2) is 11.5. The van der Waals surface area contributed by atoms with Gasteiger partial charge in [0.05, 0.1) is 17.1 Å². The first-order valence-electron chi connectivity index (χ1n) is 12.3. The molecule has 0 spiro atoms. The molecule has 0 saturated carbocycles. The highest BCUT2D eigenvalue weighted by Crippen LogP contribution is 2.39. The molecule has 4 rings (SSSR count). The fraction of sp³-hybridized carbons (Fsp3) is 0.423. The van der Waals surface area contributed by atoms with Crippen molar-refractivity contribution in [3.63, 3.8) is 0 Å². The third-order valence-electron chi connectivity index (χ3n) is 6.59. The lowest BCUT2D eigenvalue weighted by Gasteiger charge is -2.33. The molecule has 1 fully saturated rings. The molecule has 0 bridgehead atoms. The van der Waals surface area contributed by atoms with E-state index < -0.39 is 16.8 Å². The zero-order chi connectivity index (χ0) is 26.5. The summed E-state index contributed by atoms with van der Waals surface area (Å²) in [4.78, 5) is 42.3. The van der Waals surface area contributed by atoms with Crippen molar-refractivity contribution in [3.05, 3.63) is 55.5 Å². The predicted molar refractivity (Wildman–Crippen MR) is 142 cm³/mol. The first-order chi connectivity index (χ1) is 17.8. The third-order valence-corrected chi connectivity index (χ3v) is 7.80. The number of likely N-dealkylation sites (N-methyl/N-ethyl adjacent to an activating group) is 1. The number of ether oxygens (including phenoxy) is 1. The fourth-order valence-electron chi connectivity index (χ4n) is 4.65. The summed E-state index contributed by atoms with van der Waals surface area (Å²) in [5.41, 5.74) is 1.85. The molecule has 194 valence electrons. The number of benzene rings is 1. The highest BCUT2D eigenvalue weighted by atomic mass is 32.1. The molecular weight excluding hydrogens is 494 g/mol. The highest BCUT2D eigenvalue weighted by Gasteiger charge is 2.28. The van der Waals surface area contributed by atoms with Gasteiger partial charge in [-0.15, -0.1) is 11.3 Å². The maximum atomic E-state index is 13.1. The molecule has 1 aromatic heterocycles. The van der Waals surface area contributed by atoms with Crippen molar-refractivity contribution >= 4 is 45.7 Å². The average Bonchev–Trinajstić information content (AvgIpc) is 3.25. The lowest BCUT2D eigenvalue weighted by Crippen LogP contribution is -2.44. The van der Waals surface area contributed by atoms with E-state index in [0.717, 1.165) is 49.2 Å². The molecule has 1 aliphatic heterocycles. The number of hydrogen-bond acceptors (Lipinski definition) is 9. The predicted octanol–water partition coefficient (Wildman–Crippen LogP) is 4.01. The van der Waals surface area contributed by atoms with Gasteiger partial charge in [0.2, 0.25) is 0 Å². The number of aryl methyl sites for hydroxylation is 1. The van der Waals surface area contributed by atoms with Gasteiger partial charge in [0, 0.05) is 37.1 Å². The number of thiophene rings is 1. The quantitative estimate of drug-likeness (QED) is 0.190. The van der Waals surface area contributed by atoms with E-state index in [4.69, 9.17) is 4.74 Å². The maximum Gasteiger partial charge on any atom is 0.341 e. The number of rotatable bonds is 7. The molecule has 2 heterocycles. The number of fused-ring (bicyclic) bond motifs is 1. The minimum atomic E-state index is -0.683. The largest absolute Gasteiger partial charge is 0.462 e. The number of hydrogen-bond donors (Lipinski definition) is 1. The van der Waals surface area contributed by atoms with Gasteiger partial charge >= 0.3 is 5.97 Å². The number of nitrogens with zero attached hydrogens (tertiary/aromatic N) is 4. The minimum Gasteiger partial charge on any atom is -0.462 e. The lowest BCUT2D eigenvalue weighted by atomic mass is 9.95. The van der Waals surface area contributed by atoms with Crippen LogP contribution >= 0.6 is 11.3 Å². The molecule has 11 heteroatoms. The summed E-state index contributed by atoms with van der Waals surface area (Å²) in [7, 11) is 2.01. The molecule has 1 amide bonds. The van der Waals surface area contributed by atoms with Crippen LogP contribution in [0.1, 0.15) is 46.1 Å². The van der Waals surface area contributed by atoms with E-state index in [1.807, 2.05) is 18.0 Å². The van der Waals surface area contributed by atoms with Gasteiger partial charge in [0.15, 0.2) is 0 Å². The Morgan fingerprint density at radius 1 is 1.24 bits per heavy atom. The summed E-state index contributed by atoms with van der Waals surface area (Å²) in [6, 6.07) is 6.60. The van der Waals surface area contributed by atoms with Crippen LogP contribution in [0.4, 0.5) is 16.4 Å². The van der Waals surface area contributed by atoms with Crippen LogP contribution in [-0.4, -0.2) is 61.5 Å². The summed E-state index contributed by atoms with van der Waals surface area (Å²) in [5, 5.41) is 24.6. The number of anilines is 2. The zero-order valence-electron chi connectivity index (χ0n) is 20.9. The van der Waals surface area contributed by atoms with Crippen LogP contribution in [0.3, 0.4) is 0 Å². The van der Waals surface area contributed by atoms with Gasteiger partial charge in [-0.2, -0.15) is 5.26 Å². The fourth-order valence-corrected chi connectivity index (χ4v) is 5.92. The highest BCUT2D eigenvalue weighted by molar-refractivity contribution is 7.17. The number of nitrogens with one attached hydrogen (secondary N) is 1. The number of nitriles is 1. The first-order valence-corrected chi connectivity index (χ1v) is 13.1. The Balaban J connectivity index is 1.61.